The average molecular weight is 595 g/mol. The van der Waals surface area contributed by atoms with Gasteiger partial charge in [-0.25, -0.2) is 0 Å². The van der Waals surface area contributed by atoms with Crippen LogP contribution >= 0.6 is 0 Å². The summed E-state index contributed by atoms with van der Waals surface area (Å²) in [6.07, 6.45) is 0. The molecule has 0 amide bonds. The molecule has 46 heavy (non-hydrogen) atoms. The first-order valence-corrected chi connectivity index (χ1v) is 16.5. The van der Waals surface area contributed by atoms with Crippen molar-refractivity contribution in [2.45, 2.75) is 52.9 Å². The predicted octanol–water partition coefficient (Wildman–Crippen LogP) is 11.6. The zero-order chi connectivity index (χ0) is 32.0. The Morgan fingerprint density at radius 3 is 1.26 bits per heavy atom. The van der Waals surface area contributed by atoms with Crippen LogP contribution in [0.1, 0.15) is 78.2 Å². The van der Waals surface area contributed by atoms with Crippen LogP contribution in [0.2, 0.25) is 0 Å². The molecular formula is C46H42. The summed E-state index contributed by atoms with van der Waals surface area (Å²) in [4.78, 5) is 0. The average Bonchev–Trinajstić information content (AvgIpc) is 3.06. The summed E-state index contributed by atoms with van der Waals surface area (Å²) in [7, 11) is 0. The fraction of sp³-hybridized carbons (Fsp3) is 0.174. The fourth-order valence-corrected chi connectivity index (χ4v) is 7.56. The highest BCUT2D eigenvalue weighted by Gasteiger charge is 2.51. The van der Waals surface area contributed by atoms with E-state index < -0.39 is 5.41 Å². The van der Waals surface area contributed by atoms with E-state index in [9.17, 15) is 0 Å². The van der Waals surface area contributed by atoms with Crippen LogP contribution in [0.3, 0.4) is 0 Å². The maximum absolute atomic E-state index is 2.47. The summed E-state index contributed by atoms with van der Waals surface area (Å²) in [5.41, 5.74) is 18.9. The molecule has 0 radical (unpaired) electrons. The molecule has 226 valence electrons. The SMILES string of the molecule is Cc1ccc(C2=C(c3ccc(C)cc3)C(c3ccc(C)cc3)C(c3ccc(C)cc3)(c3ccc(C)cc3)c3cc(C)ccc32)cc1. The monoisotopic (exact) mass is 594 g/mol. The van der Waals surface area contributed by atoms with Gasteiger partial charge in [-0.15, -0.1) is 0 Å². The van der Waals surface area contributed by atoms with Gasteiger partial charge in [0.1, 0.15) is 0 Å². The van der Waals surface area contributed by atoms with Gasteiger partial charge < -0.3 is 0 Å². The highest BCUT2D eigenvalue weighted by Crippen LogP contribution is 2.62. The molecule has 1 aliphatic carbocycles. The van der Waals surface area contributed by atoms with Crippen molar-refractivity contribution in [2.24, 2.45) is 0 Å². The molecule has 0 spiro atoms. The highest BCUT2D eigenvalue weighted by atomic mass is 14.5. The number of rotatable bonds is 5. The Kier molecular flexibility index (Phi) is 7.61. The molecule has 1 unspecified atom stereocenters. The van der Waals surface area contributed by atoms with Crippen LogP contribution in [0.5, 0.6) is 0 Å². The van der Waals surface area contributed by atoms with Crippen LogP contribution in [0.25, 0.3) is 11.1 Å². The third-order valence-corrected chi connectivity index (χ3v) is 9.99. The van der Waals surface area contributed by atoms with Gasteiger partial charge in [-0.3, -0.25) is 0 Å². The fourth-order valence-electron chi connectivity index (χ4n) is 7.56. The van der Waals surface area contributed by atoms with Crippen molar-refractivity contribution in [3.05, 3.63) is 212 Å². The van der Waals surface area contributed by atoms with E-state index in [0.717, 1.165) is 0 Å². The quantitative estimate of drug-likeness (QED) is 0.186. The van der Waals surface area contributed by atoms with Crippen molar-refractivity contribution in [3.8, 4) is 0 Å². The van der Waals surface area contributed by atoms with Gasteiger partial charge in [-0.1, -0.05) is 173 Å². The minimum Gasteiger partial charge on any atom is -0.0590 e. The number of hydrogen-bond donors (Lipinski definition) is 0. The molecule has 0 bridgehead atoms. The number of hydrogen-bond acceptors (Lipinski definition) is 0. The lowest BCUT2D eigenvalue weighted by molar-refractivity contribution is 0.553. The lowest BCUT2D eigenvalue weighted by Crippen LogP contribution is -2.41. The first-order valence-electron chi connectivity index (χ1n) is 16.5. The maximum Gasteiger partial charge on any atom is 0.0566 e. The van der Waals surface area contributed by atoms with E-state index in [4.69, 9.17) is 0 Å². The zero-order valence-electron chi connectivity index (χ0n) is 27.9. The van der Waals surface area contributed by atoms with Crippen LogP contribution in [0.4, 0.5) is 0 Å². The van der Waals surface area contributed by atoms with E-state index in [1.165, 1.54) is 83.5 Å². The molecule has 0 saturated carbocycles. The van der Waals surface area contributed by atoms with Gasteiger partial charge in [-0.05, 0) is 91.6 Å². The molecule has 0 heterocycles. The number of aryl methyl sites for hydroxylation is 6. The van der Waals surface area contributed by atoms with Crippen LogP contribution in [0.15, 0.2) is 140 Å². The number of benzene rings is 6. The van der Waals surface area contributed by atoms with Crippen molar-refractivity contribution in [1.82, 2.24) is 0 Å². The van der Waals surface area contributed by atoms with E-state index in [1.54, 1.807) is 0 Å². The molecule has 0 heteroatoms. The van der Waals surface area contributed by atoms with Gasteiger partial charge in [0.25, 0.3) is 0 Å². The van der Waals surface area contributed by atoms with E-state index in [-0.39, 0.29) is 5.92 Å². The van der Waals surface area contributed by atoms with Crippen molar-refractivity contribution in [1.29, 1.82) is 0 Å². The Morgan fingerprint density at radius 1 is 0.391 bits per heavy atom. The Labute approximate surface area is 275 Å². The number of allylic oxidation sites excluding steroid dienone is 1. The first-order chi connectivity index (χ1) is 22.3. The van der Waals surface area contributed by atoms with E-state index in [1.807, 2.05) is 0 Å². The van der Waals surface area contributed by atoms with Gasteiger partial charge in [-0.2, -0.15) is 0 Å². The van der Waals surface area contributed by atoms with Crippen molar-refractivity contribution in [3.63, 3.8) is 0 Å². The van der Waals surface area contributed by atoms with E-state index >= 15 is 0 Å². The predicted molar refractivity (Wildman–Crippen MR) is 196 cm³/mol. The molecule has 6 aromatic rings. The standard InChI is InChI=1S/C46H42/c1-30-7-18-36(19-8-30)43-41-28-17-35(6)29-42(41)46(39-24-13-33(4)14-25-39,40-26-15-34(5)16-27-40)45(38-22-11-32(3)12-23-38)44(43)37-20-9-31(2)10-21-37/h7-29,45H,1-6H3. The highest BCUT2D eigenvalue weighted by molar-refractivity contribution is 6.05. The van der Waals surface area contributed by atoms with Gasteiger partial charge in [0.05, 0.1) is 5.41 Å². The second-order valence-electron chi connectivity index (χ2n) is 13.5. The lowest BCUT2D eigenvalue weighted by Gasteiger charge is -2.49. The van der Waals surface area contributed by atoms with Crippen LogP contribution in [0, 0.1) is 41.5 Å². The molecule has 0 fully saturated rings. The largest absolute Gasteiger partial charge is 0.0590 e. The smallest absolute Gasteiger partial charge is 0.0566 e. The van der Waals surface area contributed by atoms with Gasteiger partial charge >= 0.3 is 0 Å². The normalized spacial score (nSPS) is 15.5. The van der Waals surface area contributed by atoms with Gasteiger partial charge in [0.2, 0.25) is 0 Å². The molecule has 6 aromatic carbocycles. The van der Waals surface area contributed by atoms with Crippen LogP contribution in [-0.2, 0) is 5.41 Å². The Morgan fingerprint density at radius 2 is 0.783 bits per heavy atom. The van der Waals surface area contributed by atoms with Crippen LogP contribution in [-0.4, -0.2) is 0 Å². The molecule has 0 N–H and O–H groups in total. The topological polar surface area (TPSA) is 0 Å². The molecule has 0 nitrogen and oxygen atoms in total. The third-order valence-electron chi connectivity index (χ3n) is 9.99. The van der Waals surface area contributed by atoms with Gasteiger partial charge in [0, 0.05) is 5.92 Å². The molecule has 1 aliphatic rings. The van der Waals surface area contributed by atoms with E-state index in [2.05, 4.69) is 181 Å². The lowest BCUT2D eigenvalue weighted by atomic mass is 9.52. The second-order valence-corrected chi connectivity index (χ2v) is 13.5. The van der Waals surface area contributed by atoms with Crippen molar-refractivity contribution >= 4 is 11.1 Å². The number of fused-ring (bicyclic) bond motifs is 1. The van der Waals surface area contributed by atoms with Crippen LogP contribution < -0.4 is 0 Å². The summed E-state index contributed by atoms with van der Waals surface area (Å²) in [6, 6.07) is 53.5. The Hall–Kier alpha value is -4.94. The summed E-state index contributed by atoms with van der Waals surface area (Å²) < 4.78 is 0. The zero-order valence-corrected chi connectivity index (χ0v) is 27.9. The summed E-state index contributed by atoms with van der Waals surface area (Å²) in [5.74, 6) is -0.00757. The Balaban J connectivity index is 1.74. The minimum atomic E-state index is -0.494. The molecule has 0 aromatic heterocycles. The molecule has 7 rings (SSSR count). The first kappa shape index (κ1) is 29.8. The van der Waals surface area contributed by atoms with Crippen molar-refractivity contribution < 1.29 is 0 Å². The Bertz CT molecular complexity index is 1990. The summed E-state index contributed by atoms with van der Waals surface area (Å²) >= 11 is 0. The molecular weight excluding hydrogens is 553 g/mol. The molecule has 1 atom stereocenters. The summed E-state index contributed by atoms with van der Waals surface area (Å²) in [6.45, 7) is 13.1. The maximum atomic E-state index is 2.47. The van der Waals surface area contributed by atoms with E-state index in [0.29, 0.717) is 0 Å². The molecule has 0 saturated heterocycles. The molecule has 0 aliphatic heterocycles. The summed E-state index contributed by atoms with van der Waals surface area (Å²) in [5, 5.41) is 0. The second kappa shape index (κ2) is 11.8. The van der Waals surface area contributed by atoms with Crippen molar-refractivity contribution in [2.75, 3.05) is 0 Å². The minimum absolute atomic E-state index is 0.00757. The van der Waals surface area contributed by atoms with Gasteiger partial charge in [0.15, 0.2) is 0 Å². The third kappa shape index (κ3) is 5.03.